The summed E-state index contributed by atoms with van der Waals surface area (Å²) in [5, 5.41) is 1.97. The van der Waals surface area contributed by atoms with Gasteiger partial charge in [-0.3, -0.25) is 0 Å². The number of likely N-dealkylation sites (tertiary alicyclic amines) is 1. The van der Waals surface area contributed by atoms with Crippen LogP contribution in [0, 0.1) is 0 Å². The van der Waals surface area contributed by atoms with E-state index in [2.05, 4.69) is 23.7 Å². The van der Waals surface area contributed by atoms with Crippen LogP contribution < -0.4 is 0 Å². The van der Waals surface area contributed by atoms with Crippen molar-refractivity contribution < 1.29 is 0 Å². The fourth-order valence-electron chi connectivity index (χ4n) is 2.30. The van der Waals surface area contributed by atoms with Crippen molar-refractivity contribution in [1.82, 2.24) is 4.90 Å². The van der Waals surface area contributed by atoms with Gasteiger partial charge in [0, 0.05) is 17.0 Å². The smallest absolute Gasteiger partial charge is 0.0189 e. The third-order valence-electron chi connectivity index (χ3n) is 3.04. The van der Waals surface area contributed by atoms with Gasteiger partial charge in [-0.1, -0.05) is 12.8 Å². The molecule has 0 radical (unpaired) electrons. The number of rotatable bonds is 2. The maximum Gasteiger partial charge on any atom is 0.0189 e. The van der Waals surface area contributed by atoms with Crippen molar-refractivity contribution in [2.75, 3.05) is 20.1 Å². The lowest BCUT2D eigenvalue weighted by Crippen LogP contribution is -2.16. The van der Waals surface area contributed by atoms with Crippen molar-refractivity contribution in [2.45, 2.75) is 42.6 Å². The summed E-state index contributed by atoms with van der Waals surface area (Å²) in [6, 6.07) is 0. The summed E-state index contributed by atoms with van der Waals surface area (Å²) < 4.78 is 0. The van der Waals surface area contributed by atoms with Crippen molar-refractivity contribution >= 4 is 11.8 Å². The fraction of sp³-hybridized carbons (Fsp3) is 1.00. The van der Waals surface area contributed by atoms with Crippen molar-refractivity contribution in [2.24, 2.45) is 0 Å². The minimum atomic E-state index is 0.957. The van der Waals surface area contributed by atoms with E-state index in [1.807, 2.05) is 0 Å². The van der Waals surface area contributed by atoms with E-state index in [9.17, 15) is 0 Å². The summed E-state index contributed by atoms with van der Waals surface area (Å²) in [4.78, 5) is 2.46. The zero-order chi connectivity index (χ0) is 8.39. The molecule has 2 fully saturated rings. The van der Waals surface area contributed by atoms with E-state index in [1.165, 1.54) is 45.2 Å². The minimum Gasteiger partial charge on any atom is -0.305 e. The van der Waals surface area contributed by atoms with Crippen LogP contribution in [0.15, 0.2) is 0 Å². The Hall–Kier alpha value is 0.310. The van der Waals surface area contributed by atoms with Gasteiger partial charge in [-0.25, -0.2) is 0 Å². The topological polar surface area (TPSA) is 3.24 Å². The van der Waals surface area contributed by atoms with Gasteiger partial charge in [0.15, 0.2) is 0 Å². The molecule has 1 saturated heterocycles. The van der Waals surface area contributed by atoms with Gasteiger partial charge in [-0.15, -0.1) is 0 Å². The van der Waals surface area contributed by atoms with Crippen LogP contribution in [0.1, 0.15) is 32.1 Å². The molecule has 0 aromatic carbocycles. The first-order valence-corrected chi connectivity index (χ1v) is 6.13. The van der Waals surface area contributed by atoms with Gasteiger partial charge in [0.25, 0.3) is 0 Å². The van der Waals surface area contributed by atoms with E-state index >= 15 is 0 Å². The second-order valence-corrected chi connectivity index (χ2v) is 5.82. The third kappa shape index (κ3) is 2.17. The largest absolute Gasteiger partial charge is 0.305 e. The van der Waals surface area contributed by atoms with E-state index in [1.54, 1.807) is 0 Å². The Kier molecular flexibility index (Phi) is 2.97. The molecule has 0 aromatic rings. The Morgan fingerprint density at radius 3 is 2.42 bits per heavy atom. The molecule has 0 bridgehead atoms. The average Bonchev–Trinajstić information content (AvgIpc) is 2.63. The first kappa shape index (κ1) is 8.89. The molecular formula is C10H19NS. The predicted molar refractivity (Wildman–Crippen MR) is 55.7 cm³/mol. The van der Waals surface area contributed by atoms with E-state index in [0.29, 0.717) is 0 Å². The maximum absolute atomic E-state index is 2.46. The Bertz CT molecular complexity index is 143. The molecule has 0 amide bonds. The second kappa shape index (κ2) is 4.01. The zero-order valence-electron chi connectivity index (χ0n) is 7.96. The molecule has 1 atom stereocenters. The molecule has 2 heteroatoms. The average molecular weight is 185 g/mol. The Morgan fingerprint density at radius 2 is 1.83 bits per heavy atom. The molecule has 2 aliphatic rings. The van der Waals surface area contributed by atoms with Gasteiger partial charge in [0.2, 0.25) is 0 Å². The van der Waals surface area contributed by atoms with Gasteiger partial charge in [-0.05, 0) is 32.9 Å². The Balaban J connectivity index is 1.72. The lowest BCUT2D eigenvalue weighted by atomic mass is 10.4. The molecule has 0 spiro atoms. The lowest BCUT2D eigenvalue weighted by Gasteiger charge is -2.14. The van der Waals surface area contributed by atoms with E-state index in [-0.39, 0.29) is 0 Å². The summed E-state index contributed by atoms with van der Waals surface area (Å²) in [6.45, 7) is 2.66. The third-order valence-corrected chi connectivity index (χ3v) is 4.66. The highest BCUT2D eigenvalue weighted by molar-refractivity contribution is 8.00. The summed E-state index contributed by atoms with van der Waals surface area (Å²) in [5.74, 6) is 0. The molecule has 70 valence electrons. The fourth-order valence-corrected chi connectivity index (χ4v) is 4.03. The van der Waals surface area contributed by atoms with Gasteiger partial charge in [0.05, 0.1) is 0 Å². The normalized spacial score (nSPS) is 33.2. The van der Waals surface area contributed by atoms with Crippen molar-refractivity contribution in [1.29, 1.82) is 0 Å². The second-order valence-electron chi connectivity index (χ2n) is 4.22. The molecule has 0 N–H and O–H groups in total. The summed E-state index contributed by atoms with van der Waals surface area (Å²) >= 11 is 2.28. The zero-order valence-corrected chi connectivity index (χ0v) is 8.78. The van der Waals surface area contributed by atoms with Gasteiger partial charge < -0.3 is 4.90 Å². The van der Waals surface area contributed by atoms with Gasteiger partial charge >= 0.3 is 0 Å². The van der Waals surface area contributed by atoms with Crippen LogP contribution in [-0.2, 0) is 0 Å². The molecule has 2 rings (SSSR count). The first-order valence-electron chi connectivity index (χ1n) is 5.18. The number of nitrogens with zero attached hydrogens (tertiary/aromatic N) is 1. The van der Waals surface area contributed by atoms with Gasteiger partial charge in [0.1, 0.15) is 0 Å². The lowest BCUT2D eigenvalue weighted by molar-refractivity contribution is 0.419. The molecule has 1 saturated carbocycles. The number of hydrogen-bond acceptors (Lipinski definition) is 2. The standard InChI is InChI=1S/C10H19NS/c1-11-7-6-10(8-11)12-9-4-2-3-5-9/h9-10H,2-8H2,1H3. The quantitative estimate of drug-likeness (QED) is 0.650. The molecular weight excluding hydrogens is 166 g/mol. The highest BCUT2D eigenvalue weighted by Crippen LogP contribution is 2.35. The van der Waals surface area contributed by atoms with E-state index in [0.717, 1.165) is 10.5 Å². The molecule has 1 heterocycles. The molecule has 1 unspecified atom stereocenters. The molecule has 1 aliphatic carbocycles. The maximum atomic E-state index is 2.46. The van der Waals surface area contributed by atoms with Gasteiger partial charge in [-0.2, -0.15) is 11.8 Å². The van der Waals surface area contributed by atoms with E-state index in [4.69, 9.17) is 0 Å². The van der Waals surface area contributed by atoms with Crippen molar-refractivity contribution in [3.8, 4) is 0 Å². The molecule has 1 aliphatic heterocycles. The van der Waals surface area contributed by atoms with Crippen LogP contribution in [0.4, 0.5) is 0 Å². The molecule has 1 nitrogen and oxygen atoms in total. The predicted octanol–water partition coefficient (Wildman–Crippen LogP) is 2.37. The van der Waals surface area contributed by atoms with Crippen LogP contribution in [-0.4, -0.2) is 35.5 Å². The van der Waals surface area contributed by atoms with Crippen molar-refractivity contribution in [3.05, 3.63) is 0 Å². The highest BCUT2D eigenvalue weighted by Gasteiger charge is 2.25. The van der Waals surface area contributed by atoms with Crippen LogP contribution in [0.2, 0.25) is 0 Å². The van der Waals surface area contributed by atoms with Crippen LogP contribution in [0.3, 0.4) is 0 Å². The Morgan fingerprint density at radius 1 is 1.08 bits per heavy atom. The summed E-state index contributed by atoms with van der Waals surface area (Å²) in [7, 11) is 2.25. The van der Waals surface area contributed by atoms with Crippen LogP contribution in [0.25, 0.3) is 0 Å². The monoisotopic (exact) mass is 185 g/mol. The summed E-state index contributed by atoms with van der Waals surface area (Å²) in [6.07, 6.45) is 7.38. The molecule has 0 aromatic heterocycles. The van der Waals surface area contributed by atoms with Crippen LogP contribution >= 0.6 is 11.8 Å². The van der Waals surface area contributed by atoms with Crippen molar-refractivity contribution in [3.63, 3.8) is 0 Å². The first-order chi connectivity index (χ1) is 5.84. The highest BCUT2D eigenvalue weighted by atomic mass is 32.2. The summed E-state index contributed by atoms with van der Waals surface area (Å²) in [5.41, 5.74) is 0. The Labute approximate surface area is 79.9 Å². The van der Waals surface area contributed by atoms with Crippen LogP contribution in [0.5, 0.6) is 0 Å². The number of thioether (sulfide) groups is 1. The minimum absolute atomic E-state index is 0.957. The SMILES string of the molecule is CN1CCC(SC2CCCC2)C1. The molecule has 12 heavy (non-hydrogen) atoms. The number of hydrogen-bond donors (Lipinski definition) is 0. The van der Waals surface area contributed by atoms with E-state index < -0.39 is 0 Å².